The second-order valence-corrected chi connectivity index (χ2v) is 9.30. The van der Waals surface area contributed by atoms with E-state index in [2.05, 4.69) is 26.6 Å². The predicted octanol–water partition coefficient (Wildman–Crippen LogP) is 3.27. The van der Waals surface area contributed by atoms with E-state index in [1.165, 1.54) is 7.05 Å². The van der Waals surface area contributed by atoms with Crippen molar-refractivity contribution in [1.29, 1.82) is 0 Å². The lowest BCUT2D eigenvalue weighted by Gasteiger charge is -2.22. The highest BCUT2D eigenvalue weighted by molar-refractivity contribution is 5.96. The zero-order valence-corrected chi connectivity index (χ0v) is 25.3. The molecule has 0 radical (unpaired) electrons. The van der Waals surface area contributed by atoms with Gasteiger partial charge in [-0.1, -0.05) is 60.6 Å². The maximum Gasteiger partial charge on any atom is 0.407 e. The van der Waals surface area contributed by atoms with Crippen molar-refractivity contribution >= 4 is 35.5 Å². The van der Waals surface area contributed by atoms with Crippen molar-refractivity contribution in [2.24, 2.45) is 17.6 Å². The van der Waals surface area contributed by atoms with E-state index in [0.717, 1.165) is 18.4 Å². The predicted molar refractivity (Wildman–Crippen MR) is 157 cm³/mol. The smallest absolute Gasteiger partial charge is 0.407 e. The van der Waals surface area contributed by atoms with Gasteiger partial charge in [0.2, 0.25) is 17.7 Å². The van der Waals surface area contributed by atoms with Crippen LogP contribution in [0.1, 0.15) is 73.3 Å². The Balaban J connectivity index is 0. The minimum atomic E-state index is -0.702. The van der Waals surface area contributed by atoms with Gasteiger partial charge in [-0.25, -0.2) is 9.59 Å². The summed E-state index contributed by atoms with van der Waals surface area (Å²) in [6.45, 7) is 14.3. The van der Waals surface area contributed by atoms with Crippen LogP contribution in [0.2, 0.25) is 0 Å². The van der Waals surface area contributed by atoms with Crippen LogP contribution in [-0.4, -0.2) is 56.0 Å². The van der Waals surface area contributed by atoms with Crippen molar-refractivity contribution < 1.29 is 28.7 Å². The molecule has 12 heteroatoms. The van der Waals surface area contributed by atoms with Crippen LogP contribution in [0.25, 0.3) is 0 Å². The van der Waals surface area contributed by atoms with E-state index in [-0.39, 0.29) is 25.0 Å². The maximum absolute atomic E-state index is 12.5. The zero-order valence-electron chi connectivity index (χ0n) is 25.3. The molecule has 6 amide bonds. The number of carbonyl (C=O) groups excluding carboxylic acids is 5. The summed E-state index contributed by atoms with van der Waals surface area (Å²) in [5.74, 6) is -0.678. The summed E-state index contributed by atoms with van der Waals surface area (Å²) < 4.78 is 4.94. The Kier molecular flexibility index (Phi) is 22.1. The summed E-state index contributed by atoms with van der Waals surface area (Å²) in [6, 6.07) is 5.65. The van der Waals surface area contributed by atoms with Crippen molar-refractivity contribution in [3.63, 3.8) is 0 Å². The van der Waals surface area contributed by atoms with Crippen molar-refractivity contribution in [3.8, 4) is 0 Å². The van der Waals surface area contributed by atoms with Gasteiger partial charge in [0, 0.05) is 25.7 Å². The molecule has 0 bridgehead atoms. The van der Waals surface area contributed by atoms with Gasteiger partial charge in [0.05, 0.1) is 6.54 Å². The first kappa shape index (κ1) is 38.3. The number of primary amides is 1. The lowest BCUT2D eigenvalue weighted by atomic mass is 10.0. The molecule has 12 nitrogen and oxygen atoms in total. The number of benzene rings is 1. The van der Waals surface area contributed by atoms with Gasteiger partial charge >= 0.3 is 12.1 Å². The number of urea groups is 1. The summed E-state index contributed by atoms with van der Waals surface area (Å²) in [5, 5.41) is 12.8. The second kappa shape index (κ2) is 23.1. The van der Waals surface area contributed by atoms with Crippen LogP contribution in [-0.2, 0) is 25.7 Å². The van der Waals surface area contributed by atoms with Crippen LogP contribution >= 0.6 is 0 Å². The molecule has 0 spiro atoms. The van der Waals surface area contributed by atoms with Crippen LogP contribution in [0.3, 0.4) is 0 Å². The van der Waals surface area contributed by atoms with Gasteiger partial charge in [0.15, 0.2) is 0 Å². The highest BCUT2D eigenvalue weighted by Gasteiger charge is 2.24. The van der Waals surface area contributed by atoms with Gasteiger partial charge in [-0.15, -0.1) is 0 Å². The van der Waals surface area contributed by atoms with Gasteiger partial charge < -0.3 is 37.1 Å². The topological polar surface area (TPSA) is 181 Å². The van der Waals surface area contributed by atoms with E-state index in [9.17, 15) is 24.0 Å². The van der Waals surface area contributed by atoms with Crippen molar-refractivity contribution in [2.45, 2.75) is 80.4 Å². The van der Waals surface area contributed by atoms with Crippen LogP contribution in [0.15, 0.2) is 24.3 Å². The molecule has 1 aromatic rings. The minimum Gasteiger partial charge on any atom is -0.445 e. The van der Waals surface area contributed by atoms with Crippen LogP contribution in [0, 0.1) is 11.8 Å². The largest absolute Gasteiger partial charge is 0.445 e. The van der Waals surface area contributed by atoms with Gasteiger partial charge in [-0.3, -0.25) is 14.4 Å². The Morgan fingerprint density at radius 1 is 0.925 bits per heavy atom. The van der Waals surface area contributed by atoms with E-state index in [1.807, 2.05) is 48.5 Å². The first-order valence-electron chi connectivity index (χ1n) is 13.7. The Labute approximate surface area is 238 Å². The number of amides is 6. The van der Waals surface area contributed by atoms with E-state index in [1.54, 1.807) is 24.3 Å². The molecule has 228 valence electrons. The summed E-state index contributed by atoms with van der Waals surface area (Å²) in [6.07, 6.45) is 1.52. The third-order valence-corrected chi connectivity index (χ3v) is 5.00. The normalized spacial score (nSPS) is 10.6. The lowest BCUT2D eigenvalue weighted by molar-refractivity contribution is -0.130. The Morgan fingerprint density at radius 3 is 1.98 bits per heavy atom. The number of rotatable bonds is 13. The van der Waals surface area contributed by atoms with E-state index < -0.39 is 30.0 Å². The first-order valence-corrected chi connectivity index (χ1v) is 13.7. The third-order valence-electron chi connectivity index (χ3n) is 5.00. The molecule has 0 aromatic heterocycles. The number of ether oxygens (including phenoxy) is 1. The SMILES string of the molecule is CC.CCCNC(N)=O.CNC(=O)OCc1ccc(NC(=O)CNC(=O)C(NC(=O)CCC(C)C)C(C)C)cc1. The van der Waals surface area contributed by atoms with Gasteiger partial charge in [-0.05, 0) is 42.4 Å². The van der Waals surface area contributed by atoms with Crippen molar-refractivity contribution in [3.05, 3.63) is 29.8 Å². The zero-order chi connectivity index (χ0) is 31.1. The minimum absolute atomic E-state index is 0.115. The van der Waals surface area contributed by atoms with Gasteiger partial charge in [0.25, 0.3) is 0 Å². The number of nitrogens with one attached hydrogen (secondary N) is 5. The average Bonchev–Trinajstić information content (AvgIpc) is 2.93. The molecule has 1 atom stereocenters. The fraction of sp³-hybridized carbons (Fsp3) is 0.607. The Hall–Kier alpha value is -3.83. The van der Waals surface area contributed by atoms with E-state index in [0.29, 0.717) is 24.6 Å². The Morgan fingerprint density at radius 2 is 1.52 bits per heavy atom. The molecule has 0 heterocycles. The molecule has 1 unspecified atom stereocenters. The third kappa shape index (κ3) is 20.2. The summed E-state index contributed by atoms with van der Waals surface area (Å²) in [7, 11) is 1.48. The molecule has 0 aliphatic rings. The van der Waals surface area contributed by atoms with Crippen LogP contribution in [0.5, 0.6) is 0 Å². The molecule has 1 rings (SSSR count). The summed E-state index contributed by atoms with van der Waals surface area (Å²) in [4.78, 5) is 57.6. The molecule has 0 saturated carbocycles. The fourth-order valence-electron chi connectivity index (χ4n) is 2.84. The summed E-state index contributed by atoms with van der Waals surface area (Å²) in [5.41, 5.74) is 6.04. The van der Waals surface area contributed by atoms with Gasteiger partial charge in [-0.2, -0.15) is 0 Å². The van der Waals surface area contributed by atoms with Crippen molar-refractivity contribution in [1.82, 2.24) is 21.3 Å². The number of anilines is 1. The monoisotopic (exact) mass is 566 g/mol. The number of hydrogen-bond donors (Lipinski definition) is 6. The lowest BCUT2D eigenvalue weighted by Crippen LogP contribution is -2.51. The quantitative estimate of drug-likeness (QED) is 0.213. The van der Waals surface area contributed by atoms with Gasteiger partial charge in [0.1, 0.15) is 12.6 Å². The molecule has 0 aliphatic carbocycles. The molecular weight excluding hydrogens is 516 g/mol. The standard InChI is InChI=1S/C22H34N4O5.C4H10N2O.C2H6/c1-14(2)6-11-18(27)26-20(15(3)4)21(29)24-12-19(28)25-17-9-7-16(8-10-17)13-31-22(30)23-5;1-2-3-6-4(5)7;1-2/h7-10,14-15,20H,6,11-13H2,1-5H3,(H,23,30)(H,24,29)(H,25,28)(H,26,27);2-3H2,1H3,(H3,5,6,7);1-2H3. The number of carbonyl (C=O) groups is 5. The molecule has 1 aromatic carbocycles. The number of nitrogens with two attached hydrogens (primary N) is 1. The van der Waals surface area contributed by atoms with Crippen LogP contribution in [0.4, 0.5) is 15.3 Å². The Bertz CT molecular complexity index is 890. The fourth-order valence-corrected chi connectivity index (χ4v) is 2.84. The second-order valence-electron chi connectivity index (χ2n) is 9.30. The van der Waals surface area contributed by atoms with Crippen molar-refractivity contribution in [2.75, 3.05) is 25.5 Å². The number of hydrogen-bond acceptors (Lipinski definition) is 6. The maximum atomic E-state index is 12.5. The van der Waals surface area contributed by atoms with E-state index >= 15 is 0 Å². The average molecular weight is 567 g/mol. The first-order chi connectivity index (χ1) is 18.9. The van der Waals surface area contributed by atoms with E-state index in [4.69, 9.17) is 10.5 Å². The molecule has 0 saturated heterocycles. The molecule has 0 fully saturated rings. The molecule has 7 N–H and O–H groups in total. The molecular formula is C28H50N6O6. The summed E-state index contributed by atoms with van der Waals surface area (Å²) >= 11 is 0. The molecule has 40 heavy (non-hydrogen) atoms. The van der Waals surface area contributed by atoms with Crippen LogP contribution < -0.4 is 32.3 Å². The highest BCUT2D eigenvalue weighted by Crippen LogP contribution is 2.11. The number of alkyl carbamates (subject to hydrolysis) is 1. The highest BCUT2D eigenvalue weighted by atomic mass is 16.5. The molecule has 0 aliphatic heterocycles.